The molecule has 0 heterocycles. The number of hydrogen-bond acceptors (Lipinski definition) is 4. The number of ether oxygens (including phenoxy) is 1. The van der Waals surface area contributed by atoms with E-state index in [0.717, 1.165) is 54.4 Å². The van der Waals surface area contributed by atoms with E-state index in [1.807, 2.05) is 65.0 Å². The van der Waals surface area contributed by atoms with Crippen molar-refractivity contribution in [3.05, 3.63) is 63.7 Å². The molecule has 2 rings (SSSR count). The van der Waals surface area contributed by atoms with Gasteiger partial charge in [-0.3, -0.25) is 9.59 Å². The SMILES string of the molecule is CCCCCCCN(C(=O)C(NC(=O)OC(C)(C)C)C(C)CC)C(C(=O)Nc1c(C)cccc1Cl)c1ccc(C)cc1C. The first-order valence-corrected chi connectivity index (χ1v) is 16.0. The van der Waals surface area contributed by atoms with Crippen LogP contribution in [0.25, 0.3) is 0 Å². The van der Waals surface area contributed by atoms with Crippen molar-refractivity contribution in [2.45, 2.75) is 119 Å². The Bertz CT molecular complexity index is 1220. The molecule has 7 nitrogen and oxygen atoms in total. The molecule has 0 fully saturated rings. The average Bonchev–Trinajstić information content (AvgIpc) is 2.92. The van der Waals surface area contributed by atoms with E-state index in [2.05, 4.69) is 17.6 Å². The first-order chi connectivity index (χ1) is 20.2. The highest BCUT2D eigenvalue weighted by atomic mass is 35.5. The molecule has 0 aliphatic rings. The third-order valence-corrected chi connectivity index (χ3v) is 8.00. The normalized spacial score (nSPS) is 13.5. The molecule has 0 saturated carbocycles. The van der Waals surface area contributed by atoms with Crippen LogP contribution in [0.3, 0.4) is 0 Å². The van der Waals surface area contributed by atoms with Crippen LogP contribution in [0.2, 0.25) is 5.02 Å². The number of para-hydroxylation sites is 1. The lowest BCUT2D eigenvalue weighted by molar-refractivity contribution is -0.142. The zero-order valence-corrected chi connectivity index (χ0v) is 28.4. The smallest absolute Gasteiger partial charge is 0.408 e. The van der Waals surface area contributed by atoms with Crippen LogP contribution in [0.5, 0.6) is 0 Å². The van der Waals surface area contributed by atoms with Gasteiger partial charge in [0.1, 0.15) is 17.7 Å². The minimum absolute atomic E-state index is 0.198. The number of nitrogens with zero attached hydrogens (tertiary/aromatic N) is 1. The Kier molecular flexibility index (Phi) is 14.0. The molecule has 0 aromatic heterocycles. The van der Waals surface area contributed by atoms with Gasteiger partial charge in [0.05, 0.1) is 10.7 Å². The van der Waals surface area contributed by atoms with Crippen LogP contribution in [0.1, 0.15) is 108 Å². The predicted molar refractivity (Wildman–Crippen MR) is 177 cm³/mol. The van der Waals surface area contributed by atoms with Crippen LogP contribution in [0.4, 0.5) is 10.5 Å². The highest BCUT2D eigenvalue weighted by Crippen LogP contribution is 2.32. The van der Waals surface area contributed by atoms with Gasteiger partial charge in [0.2, 0.25) is 5.91 Å². The molecule has 2 aromatic rings. The highest BCUT2D eigenvalue weighted by molar-refractivity contribution is 6.34. The van der Waals surface area contributed by atoms with Gasteiger partial charge in [0.15, 0.2) is 0 Å². The summed E-state index contributed by atoms with van der Waals surface area (Å²) in [5.41, 5.74) is 3.31. The first-order valence-electron chi connectivity index (χ1n) is 15.6. The fourth-order valence-electron chi connectivity index (χ4n) is 5.11. The fraction of sp³-hybridized carbons (Fsp3) is 0.571. The van der Waals surface area contributed by atoms with Gasteiger partial charge in [-0.15, -0.1) is 0 Å². The molecule has 0 aliphatic heterocycles. The van der Waals surface area contributed by atoms with Crippen molar-refractivity contribution in [1.82, 2.24) is 10.2 Å². The summed E-state index contributed by atoms with van der Waals surface area (Å²) >= 11 is 6.51. The second kappa shape index (κ2) is 16.7. The van der Waals surface area contributed by atoms with Gasteiger partial charge < -0.3 is 20.3 Å². The van der Waals surface area contributed by atoms with Crippen LogP contribution in [0.15, 0.2) is 36.4 Å². The third kappa shape index (κ3) is 10.9. The summed E-state index contributed by atoms with van der Waals surface area (Å²) in [5.74, 6) is -0.867. The number of nitrogens with one attached hydrogen (secondary N) is 2. The Hall–Kier alpha value is -3.06. The van der Waals surface area contributed by atoms with E-state index < -0.39 is 23.8 Å². The molecule has 0 bridgehead atoms. The number of benzene rings is 2. The molecule has 0 radical (unpaired) electrons. The highest BCUT2D eigenvalue weighted by Gasteiger charge is 2.38. The summed E-state index contributed by atoms with van der Waals surface area (Å²) in [6.07, 6.45) is 4.90. The summed E-state index contributed by atoms with van der Waals surface area (Å²) in [5, 5.41) is 6.31. The predicted octanol–water partition coefficient (Wildman–Crippen LogP) is 8.68. The van der Waals surface area contributed by atoms with E-state index in [1.54, 1.807) is 31.7 Å². The van der Waals surface area contributed by atoms with E-state index >= 15 is 0 Å². The van der Waals surface area contributed by atoms with Crippen LogP contribution >= 0.6 is 11.6 Å². The lowest BCUT2D eigenvalue weighted by Crippen LogP contribution is -2.55. The van der Waals surface area contributed by atoms with Crippen LogP contribution in [-0.4, -0.2) is 41.0 Å². The molecule has 3 amide bonds. The number of anilines is 1. The Morgan fingerprint density at radius 3 is 2.21 bits per heavy atom. The van der Waals surface area contributed by atoms with Gasteiger partial charge in [-0.1, -0.05) is 100 Å². The summed E-state index contributed by atoms with van der Waals surface area (Å²) in [4.78, 5) is 43.5. The van der Waals surface area contributed by atoms with Crippen LogP contribution in [-0.2, 0) is 14.3 Å². The van der Waals surface area contributed by atoms with E-state index in [4.69, 9.17) is 16.3 Å². The van der Waals surface area contributed by atoms with Crippen molar-refractivity contribution < 1.29 is 19.1 Å². The monoisotopic (exact) mass is 613 g/mol. The Morgan fingerprint density at radius 2 is 1.63 bits per heavy atom. The quantitative estimate of drug-likeness (QED) is 0.209. The molecular formula is C35H52ClN3O4. The second-order valence-corrected chi connectivity index (χ2v) is 13.0. The van der Waals surface area contributed by atoms with Gasteiger partial charge in [0.25, 0.3) is 5.91 Å². The molecule has 2 aromatic carbocycles. The molecule has 0 spiro atoms. The molecule has 3 unspecified atom stereocenters. The maximum absolute atomic E-state index is 14.6. The fourth-order valence-corrected chi connectivity index (χ4v) is 5.38. The Labute approximate surface area is 264 Å². The minimum atomic E-state index is -0.943. The number of unbranched alkanes of at least 4 members (excludes halogenated alkanes) is 4. The number of halogens is 1. The molecule has 8 heteroatoms. The average molecular weight is 614 g/mol. The summed E-state index contributed by atoms with van der Waals surface area (Å²) in [6.45, 7) is 17.6. The topological polar surface area (TPSA) is 87.7 Å². The summed E-state index contributed by atoms with van der Waals surface area (Å²) in [7, 11) is 0. The van der Waals surface area contributed by atoms with Crippen molar-refractivity contribution in [3.8, 4) is 0 Å². The van der Waals surface area contributed by atoms with Gasteiger partial charge in [-0.25, -0.2) is 4.79 Å². The van der Waals surface area contributed by atoms with Gasteiger partial charge >= 0.3 is 6.09 Å². The zero-order chi connectivity index (χ0) is 32.3. The zero-order valence-electron chi connectivity index (χ0n) is 27.6. The summed E-state index contributed by atoms with van der Waals surface area (Å²) < 4.78 is 5.53. The Balaban J connectivity index is 2.64. The van der Waals surface area contributed by atoms with Crippen molar-refractivity contribution in [1.29, 1.82) is 0 Å². The molecule has 43 heavy (non-hydrogen) atoms. The number of rotatable bonds is 14. The van der Waals surface area contributed by atoms with Gasteiger partial charge in [-0.2, -0.15) is 0 Å². The first kappa shape index (κ1) is 36.1. The molecule has 0 aliphatic carbocycles. The number of alkyl carbamates (subject to hydrolysis) is 1. The van der Waals surface area contributed by atoms with E-state index in [1.165, 1.54) is 0 Å². The Morgan fingerprint density at radius 1 is 0.953 bits per heavy atom. The maximum atomic E-state index is 14.6. The largest absolute Gasteiger partial charge is 0.444 e. The lowest BCUT2D eigenvalue weighted by Gasteiger charge is -2.36. The molecule has 238 valence electrons. The van der Waals surface area contributed by atoms with Crippen molar-refractivity contribution in [3.63, 3.8) is 0 Å². The summed E-state index contributed by atoms with van der Waals surface area (Å²) in [6, 6.07) is 9.53. The van der Waals surface area contributed by atoms with E-state index in [-0.39, 0.29) is 17.7 Å². The second-order valence-electron chi connectivity index (χ2n) is 12.6. The standard InChI is InChI=1S/C35H52ClN3O4/c1-10-12-13-14-15-21-39(33(41)30(24(4)11-2)38-34(42)43-35(7,8)9)31(27-20-19-23(3)22-26(27)6)32(40)37-29-25(5)17-16-18-28(29)36/h16-20,22,24,30-31H,10-15,21H2,1-9H3,(H,37,40)(H,38,42). The third-order valence-electron chi connectivity index (χ3n) is 7.69. The number of aryl methyl sites for hydroxylation is 3. The molecule has 0 saturated heterocycles. The molecule has 3 atom stereocenters. The van der Waals surface area contributed by atoms with Crippen molar-refractivity contribution >= 4 is 35.2 Å². The maximum Gasteiger partial charge on any atom is 0.408 e. The van der Waals surface area contributed by atoms with Gasteiger partial charge in [-0.05, 0) is 76.6 Å². The number of hydrogen-bond donors (Lipinski definition) is 2. The van der Waals surface area contributed by atoms with Crippen molar-refractivity contribution in [2.75, 3.05) is 11.9 Å². The van der Waals surface area contributed by atoms with Gasteiger partial charge in [0, 0.05) is 6.54 Å². The van der Waals surface area contributed by atoms with Crippen LogP contribution < -0.4 is 10.6 Å². The number of carbonyl (C=O) groups is 3. The van der Waals surface area contributed by atoms with E-state index in [0.29, 0.717) is 23.7 Å². The number of carbonyl (C=O) groups excluding carboxylic acids is 3. The minimum Gasteiger partial charge on any atom is -0.444 e. The molecular weight excluding hydrogens is 562 g/mol. The molecule has 2 N–H and O–H groups in total. The van der Waals surface area contributed by atoms with Crippen LogP contribution in [0, 0.1) is 26.7 Å². The van der Waals surface area contributed by atoms with E-state index in [9.17, 15) is 14.4 Å². The lowest BCUT2D eigenvalue weighted by atomic mass is 9.93. The van der Waals surface area contributed by atoms with Crippen molar-refractivity contribution in [2.24, 2.45) is 5.92 Å². The number of amides is 3.